The van der Waals surface area contributed by atoms with E-state index in [0.717, 1.165) is 62.5 Å². The van der Waals surface area contributed by atoms with E-state index in [4.69, 9.17) is 0 Å². The SMILES string of the molecule is CCCCCCC(=CC(=O)[O-])CCCCCC.CCCCCCC(=CC(=O)[O-])CCCCCC.[Mg+2]. The fraction of sp³-hybridized carbons (Fsp3) is 0.800. The van der Waals surface area contributed by atoms with E-state index in [9.17, 15) is 19.8 Å². The van der Waals surface area contributed by atoms with Gasteiger partial charge >= 0.3 is 23.1 Å². The van der Waals surface area contributed by atoms with Gasteiger partial charge in [-0.1, -0.05) is 116 Å². The van der Waals surface area contributed by atoms with Crippen molar-refractivity contribution >= 4 is 35.0 Å². The number of hydrogen-bond acceptors (Lipinski definition) is 4. The van der Waals surface area contributed by atoms with Gasteiger partial charge < -0.3 is 19.8 Å². The van der Waals surface area contributed by atoms with Gasteiger partial charge in [0.2, 0.25) is 0 Å². The van der Waals surface area contributed by atoms with E-state index in [0.29, 0.717) is 0 Å². The van der Waals surface area contributed by atoms with Gasteiger partial charge in [0.15, 0.2) is 0 Å². The Bertz CT molecular complexity index is 464. The first-order valence-electron chi connectivity index (χ1n) is 14.2. The van der Waals surface area contributed by atoms with Gasteiger partial charge in [-0.2, -0.15) is 0 Å². The molecule has 0 radical (unpaired) electrons. The third-order valence-electron chi connectivity index (χ3n) is 6.05. The molecule has 0 unspecified atom stereocenters. The Labute approximate surface area is 233 Å². The molecule has 0 N–H and O–H groups in total. The van der Waals surface area contributed by atoms with Gasteiger partial charge in [0.1, 0.15) is 0 Å². The normalized spacial score (nSPS) is 9.94. The van der Waals surface area contributed by atoms with Crippen LogP contribution in [0.2, 0.25) is 0 Å². The van der Waals surface area contributed by atoms with Crippen LogP contribution in [0, 0.1) is 0 Å². The first-order chi connectivity index (χ1) is 16.4. The quantitative estimate of drug-likeness (QED) is 0.0923. The minimum Gasteiger partial charge on any atom is -0.545 e. The molecule has 0 bridgehead atoms. The molecule has 0 atom stereocenters. The fourth-order valence-corrected chi connectivity index (χ4v) is 3.99. The molecule has 0 rings (SSSR count). The number of carboxylic acids is 2. The molecule has 0 aliphatic heterocycles. The van der Waals surface area contributed by atoms with Crippen LogP contribution in [0.25, 0.3) is 0 Å². The monoisotopic (exact) mass is 502 g/mol. The summed E-state index contributed by atoms with van der Waals surface area (Å²) < 4.78 is 0. The molecule has 0 heterocycles. The van der Waals surface area contributed by atoms with Gasteiger partial charge in [-0.05, 0) is 63.5 Å². The Balaban J connectivity index is -0.000000569. The molecule has 0 aromatic heterocycles. The molecule has 5 heteroatoms. The predicted octanol–water partition coefficient (Wildman–Crippen LogP) is 6.83. The van der Waals surface area contributed by atoms with Crippen molar-refractivity contribution in [1.82, 2.24) is 0 Å². The van der Waals surface area contributed by atoms with Crippen molar-refractivity contribution in [2.75, 3.05) is 0 Å². The molecule has 0 aromatic rings. The average Bonchev–Trinajstić information content (AvgIpc) is 2.79. The molecule has 0 fully saturated rings. The first-order valence-corrected chi connectivity index (χ1v) is 14.2. The Hall–Kier alpha value is -0.814. The van der Waals surface area contributed by atoms with Crippen LogP contribution in [0.4, 0.5) is 0 Å². The van der Waals surface area contributed by atoms with E-state index in [1.165, 1.54) is 89.2 Å². The van der Waals surface area contributed by atoms with Crippen LogP contribution in [-0.4, -0.2) is 35.0 Å². The maximum Gasteiger partial charge on any atom is 2.00 e. The van der Waals surface area contributed by atoms with Gasteiger partial charge in [-0.3, -0.25) is 0 Å². The molecule has 0 aliphatic rings. The number of carbonyl (C=O) groups is 2. The van der Waals surface area contributed by atoms with E-state index in [1.807, 2.05) is 0 Å². The number of rotatable bonds is 22. The third kappa shape index (κ3) is 33.2. The molecular formula is C30H54MgO4. The van der Waals surface area contributed by atoms with Crippen LogP contribution in [0.5, 0.6) is 0 Å². The molecule has 35 heavy (non-hydrogen) atoms. The van der Waals surface area contributed by atoms with Crippen LogP contribution >= 0.6 is 0 Å². The van der Waals surface area contributed by atoms with E-state index in [1.54, 1.807) is 0 Å². The maximum absolute atomic E-state index is 10.6. The van der Waals surface area contributed by atoms with E-state index in [-0.39, 0.29) is 23.1 Å². The molecular weight excluding hydrogens is 449 g/mol. The molecule has 0 aromatic carbocycles. The second-order valence-corrected chi connectivity index (χ2v) is 9.49. The zero-order valence-electron chi connectivity index (χ0n) is 23.6. The van der Waals surface area contributed by atoms with Crippen molar-refractivity contribution in [1.29, 1.82) is 0 Å². The minimum atomic E-state index is -1.04. The summed E-state index contributed by atoms with van der Waals surface area (Å²) >= 11 is 0. The summed E-state index contributed by atoms with van der Waals surface area (Å²) in [5.41, 5.74) is 2.13. The van der Waals surface area contributed by atoms with Crippen LogP contribution in [0.3, 0.4) is 0 Å². The van der Waals surface area contributed by atoms with Crippen molar-refractivity contribution in [2.24, 2.45) is 0 Å². The summed E-state index contributed by atoms with van der Waals surface area (Å²) in [6, 6.07) is 0. The number of carbonyl (C=O) groups excluding carboxylic acids is 2. The number of aliphatic carboxylic acids is 2. The van der Waals surface area contributed by atoms with Gasteiger partial charge in [-0.15, -0.1) is 0 Å². The van der Waals surface area contributed by atoms with Crippen LogP contribution < -0.4 is 10.2 Å². The summed E-state index contributed by atoms with van der Waals surface area (Å²) in [7, 11) is 0. The standard InChI is InChI=1S/2C15H28O2.Mg/c2*1-3-5-7-9-11-14(13-15(16)17)12-10-8-6-4-2;/h2*13H,3-12H2,1-2H3,(H,16,17);/q;;+2/p-2. The van der Waals surface area contributed by atoms with Crippen molar-refractivity contribution in [2.45, 2.75) is 156 Å². The summed E-state index contributed by atoms with van der Waals surface area (Å²) in [5.74, 6) is -2.07. The first kappa shape index (κ1) is 38.7. The largest absolute Gasteiger partial charge is 2.00 e. The number of hydrogen-bond donors (Lipinski definition) is 0. The summed E-state index contributed by atoms with van der Waals surface area (Å²) in [5, 5.41) is 21.2. The Morgan fingerprint density at radius 3 is 0.857 bits per heavy atom. The van der Waals surface area contributed by atoms with E-state index >= 15 is 0 Å². The second-order valence-electron chi connectivity index (χ2n) is 9.49. The van der Waals surface area contributed by atoms with Gasteiger partial charge in [0.25, 0.3) is 0 Å². The van der Waals surface area contributed by atoms with Crippen molar-refractivity contribution in [3.63, 3.8) is 0 Å². The Morgan fingerprint density at radius 2 is 0.686 bits per heavy atom. The van der Waals surface area contributed by atoms with Crippen molar-refractivity contribution in [3.05, 3.63) is 23.3 Å². The summed E-state index contributed by atoms with van der Waals surface area (Å²) in [6.45, 7) is 8.73. The fourth-order valence-electron chi connectivity index (χ4n) is 3.99. The van der Waals surface area contributed by atoms with Crippen molar-refractivity contribution in [3.8, 4) is 0 Å². The molecule has 0 amide bonds. The molecule has 200 valence electrons. The smallest absolute Gasteiger partial charge is 0.545 e. The molecule has 4 nitrogen and oxygen atoms in total. The molecule has 0 spiro atoms. The van der Waals surface area contributed by atoms with E-state index < -0.39 is 11.9 Å². The number of unbranched alkanes of at least 4 members (excludes halogenated alkanes) is 12. The van der Waals surface area contributed by atoms with Crippen LogP contribution in [-0.2, 0) is 9.59 Å². The van der Waals surface area contributed by atoms with Gasteiger partial charge in [0.05, 0.1) is 11.9 Å². The maximum atomic E-state index is 10.6. The van der Waals surface area contributed by atoms with Crippen molar-refractivity contribution < 1.29 is 19.8 Å². The molecule has 0 saturated carbocycles. The Kier molecular flexibility index (Phi) is 34.5. The topological polar surface area (TPSA) is 80.3 Å². The number of carboxylic acid groups (broad SMARTS) is 2. The predicted molar refractivity (Wildman–Crippen MR) is 147 cm³/mol. The summed E-state index contributed by atoms with van der Waals surface area (Å²) in [4.78, 5) is 21.2. The van der Waals surface area contributed by atoms with Crippen LogP contribution in [0.15, 0.2) is 23.3 Å². The zero-order chi connectivity index (χ0) is 25.9. The van der Waals surface area contributed by atoms with E-state index in [2.05, 4.69) is 27.7 Å². The zero-order valence-corrected chi connectivity index (χ0v) is 25.1. The molecule has 0 saturated heterocycles. The second kappa shape index (κ2) is 31.2. The van der Waals surface area contributed by atoms with Gasteiger partial charge in [0, 0.05) is 0 Å². The minimum absolute atomic E-state index is 0. The molecule has 0 aliphatic carbocycles. The Morgan fingerprint density at radius 1 is 0.457 bits per heavy atom. The third-order valence-corrected chi connectivity index (χ3v) is 6.05. The average molecular weight is 503 g/mol. The van der Waals surface area contributed by atoms with Gasteiger partial charge in [-0.25, -0.2) is 0 Å². The summed E-state index contributed by atoms with van der Waals surface area (Å²) in [6.07, 6.45) is 25.5. The number of allylic oxidation sites excluding steroid dienone is 2. The van der Waals surface area contributed by atoms with Crippen LogP contribution in [0.1, 0.15) is 156 Å².